The SMILES string of the molecule is CCCCSc1c(C)cc2ccccn12. The highest BCUT2D eigenvalue weighted by molar-refractivity contribution is 7.99. The van der Waals surface area contributed by atoms with Crippen molar-refractivity contribution in [3.63, 3.8) is 0 Å². The smallest absolute Gasteiger partial charge is 0.0823 e. The first kappa shape index (κ1) is 10.6. The van der Waals surface area contributed by atoms with Gasteiger partial charge in [-0.2, -0.15) is 0 Å². The van der Waals surface area contributed by atoms with E-state index in [1.165, 1.54) is 34.7 Å². The van der Waals surface area contributed by atoms with E-state index in [-0.39, 0.29) is 0 Å². The Labute approximate surface area is 95.5 Å². The lowest BCUT2D eigenvalue weighted by atomic mass is 10.3. The van der Waals surface area contributed by atoms with Crippen LogP contribution in [0.3, 0.4) is 0 Å². The molecule has 0 fully saturated rings. The molecule has 2 aromatic rings. The molecule has 0 aromatic carbocycles. The van der Waals surface area contributed by atoms with Crippen molar-refractivity contribution >= 4 is 17.3 Å². The zero-order chi connectivity index (χ0) is 10.7. The Morgan fingerprint density at radius 2 is 2.20 bits per heavy atom. The molecule has 0 saturated carbocycles. The van der Waals surface area contributed by atoms with Gasteiger partial charge in [0.2, 0.25) is 0 Å². The molecule has 0 saturated heterocycles. The van der Waals surface area contributed by atoms with Crippen LogP contribution in [0.15, 0.2) is 35.5 Å². The zero-order valence-corrected chi connectivity index (χ0v) is 10.2. The van der Waals surface area contributed by atoms with E-state index >= 15 is 0 Å². The van der Waals surface area contributed by atoms with E-state index in [1.54, 1.807) is 0 Å². The summed E-state index contributed by atoms with van der Waals surface area (Å²) < 4.78 is 2.29. The Hall–Kier alpha value is -0.890. The quantitative estimate of drug-likeness (QED) is 0.552. The lowest BCUT2D eigenvalue weighted by Gasteiger charge is -2.03. The van der Waals surface area contributed by atoms with E-state index in [0.717, 1.165) is 0 Å². The van der Waals surface area contributed by atoms with Gasteiger partial charge in [-0.25, -0.2) is 0 Å². The van der Waals surface area contributed by atoms with Crippen LogP contribution in [-0.4, -0.2) is 10.2 Å². The average molecular weight is 219 g/mol. The second-order valence-electron chi connectivity index (χ2n) is 3.83. The highest BCUT2D eigenvalue weighted by Gasteiger charge is 2.05. The summed E-state index contributed by atoms with van der Waals surface area (Å²) in [5, 5.41) is 1.40. The van der Waals surface area contributed by atoms with Gasteiger partial charge in [0.15, 0.2) is 0 Å². The molecule has 0 unspecified atom stereocenters. The Kier molecular flexibility index (Phi) is 3.37. The van der Waals surface area contributed by atoms with Gasteiger partial charge in [-0.1, -0.05) is 19.4 Å². The molecule has 1 nitrogen and oxygen atoms in total. The molecule has 0 spiro atoms. The Bertz CT molecular complexity index is 445. The normalized spacial score (nSPS) is 11.1. The van der Waals surface area contributed by atoms with Crippen LogP contribution in [0.1, 0.15) is 25.3 Å². The fourth-order valence-corrected chi connectivity index (χ4v) is 2.95. The highest BCUT2D eigenvalue weighted by atomic mass is 32.2. The number of unbranched alkanes of at least 4 members (excludes halogenated alkanes) is 1. The van der Waals surface area contributed by atoms with Crippen molar-refractivity contribution in [2.45, 2.75) is 31.7 Å². The first-order valence-corrected chi connectivity index (χ1v) is 6.51. The summed E-state index contributed by atoms with van der Waals surface area (Å²) in [4.78, 5) is 0. The molecule has 0 bridgehead atoms. The lowest BCUT2D eigenvalue weighted by molar-refractivity contribution is 0.892. The van der Waals surface area contributed by atoms with E-state index in [0.29, 0.717) is 0 Å². The van der Waals surface area contributed by atoms with Crippen LogP contribution >= 0.6 is 11.8 Å². The van der Waals surface area contributed by atoms with Gasteiger partial charge in [0.05, 0.1) is 5.03 Å². The fourth-order valence-electron chi connectivity index (χ4n) is 1.73. The number of hydrogen-bond donors (Lipinski definition) is 0. The maximum Gasteiger partial charge on any atom is 0.0823 e. The molecule has 0 aliphatic carbocycles. The Morgan fingerprint density at radius 3 is 3.00 bits per heavy atom. The molecule has 2 heteroatoms. The van der Waals surface area contributed by atoms with Crippen LogP contribution in [-0.2, 0) is 0 Å². The van der Waals surface area contributed by atoms with E-state index in [1.807, 2.05) is 11.8 Å². The predicted molar refractivity (Wildman–Crippen MR) is 67.8 cm³/mol. The second-order valence-corrected chi connectivity index (χ2v) is 4.91. The molecule has 0 aliphatic rings. The Balaban J connectivity index is 2.28. The summed E-state index contributed by atoms with van der Waals surface area (Å²) in [5.74, 6) is 1.22. The number of thioether (sulfide) groups is 1. The monoisotopic (exact) mass is 219 g/mol. The summed E-state index contributed by atoms with van der Waals surface area (Å²) in [6.45, 7) is 4.44. The van der Waals surface area contributed by atoms with Crippen molar-refractivity contribution in [3.8, 4) is 0 Å². The van der Waals surface area contributed by atoms with Crippen molar-refractivity contribution in [1.82, 2.24) is 4.40 Å². The molecule has 0 N–H and O–H groups in total. The topological polar surface area (TPSA) is 4.41 Å². The average Bonchev–Trinajstić information content (AvgIpc) is 2.56. The predicted octanol–water partition coefficient (Wildman–Crippen LogP) is 4.14. The maximum absolute atomic E-state index is 2.29. The third-order valence-corrected chi connectivity index (χ3v) is 3.83. The molecular formula is C13H17NS. The molecule has 0 aliphatic heterocycles. The standard InChI is InChI=1S/C13H17NS/c1-3-4-9-15-13-11(2)10-12-7-5-6-8-14(12)13/h5-8,10H,3-4,9H2,1-2H3. The summed E-state index contributed by atoms with van der Waals surface area (Å²) in [6, 6.07) is 8.61. The van der Waals surface area contributed by atoms with E-state index in [4.69, 9.17) is 0 Å². The largest absolute Gasteiger partial charge is 0.311 e. The molecule has 15 heavy (non-hydrogen) atoms. The first-order chi connectivity index (χ1) is 7.33. The van der Waals surface area contributed by atoms with E-state index in [9.17, 15) is 0 Å². The van der Waals surface area contributed by atoms with Crippen LogP contribution in [0.25, 0.3) is 5.52 Å². The molecular weight excluding hydrogens is 202 g/mol. The van der Waals surface area contributed by atoms with Gasteiger partial charge in [0.25, 0.3) is 0 Å². The minimum Gasteiger partial charge on any atom is -0.311 e. The van der Waals surface area contributed by atoms with Crippen molar-refractivity contribution in [2.75, 3.05) is 5.75 Å². The van der Waals surface area contributed by atoms with Gasteiger partial charge < -0.3 is 4.40 Å². The van der Waals surface area contributed by atoms with Crippen LogP contribution in [0, 0.1) is 6.92 Å². The van der Waals surface area contributed by atoms with Crippen molar-refractivity contribution < 1.29 is 0 Å². The summed E-state index contributed by atoms with van der Waals surface area (Å²) in [6.07, 6.45) is 4.72. The van der Waals surface area contributed by atoms with Crippen LogP contribution < -0.4 is 0 Å². The van der Waals surface area contributed by atoms with Gasteiger partial charge in [-0.15, -0.1) is 11.8 Å². The number of pyridine rings is 1. The van der Waals surface area contributed by atoms with Gasteiger partial charge in [-0.3, -0.25) is 0 Å². The van der Waals surface area contributed by atoms with Crippen molar-refractivity contribution in [3.05, 3.63) is 36.0 Å². The van der Waals surface area contributed by atoms with Gasteiger partial charge in [0.1, 0.15) is 0 Å². The molecule has 80 valence electrons. The third kappa shape index (κ3) is 2.20. The summed E-state index contributed by atoms with van der Waals surface area (Å²) in [5.41, 5.74) is 2.69. The molecule has 2 rings (SSSR count). The summed E-state index contributed by atoms with van der Waals surface area (Å²) in [7, 11) is 0. The second kappa shape index (κ2) is 4.75. The molecule has 2 heterocycles. The van der Waals surface area contributed by atoms with Crippen molar-refractivity contribution in [2.24, 2.45) is 0 Å². The Morgan fingerprint density at radius 1 is 1.33 bits per heavy atom. The lowest BCUT2D eigenvalue weighted by Crippen LogP contribution is -1.87. The third-order valence-electron chi connectivity index (χ3n) is 2.55. The van der Waals surface area contributed by atoms with Gasteiger partial charge in [0, 0.05) is 11.7 Å². The molecule has 2 aromatic heterocycles. The van der Waals surface area contributed by atoms with E-state index in [2.05, 4.69) is 48.7 Å². The number of fused-ring (bicyclic) bond motifs is 1. The van der Waals surface area contributed by atoms with Gasteiger partial charge in [-0.05, 0) is 42.9 Å². The van der Waals surface area contributed by atoms with E-state index < -0.39 is 0 Å². The fraction of sp³-hybridized carbons (Fsp3) is 0.385. The van der Waals surface area contributed by atoms with Crippen LogP contribution in [0.4, 0.5) is 0 Å². The minimum absolute atomic E-state index is 1.22. The highest BCUT2D eigenvalue weighted by Crippen LogP contribution is 2.26. The minimum atomic E-state index is 1.22. The number of aryl methyl sites for hydroxylation is 1. The number of nitrogens with zero attached hydrogens (tertiary/aromatic N) is 1. The molecule has 0 amide bonds. The van der Waals surface area contributed by atoms with Gasteiger partial charge >= 0.3 is 0 Å². The number of aromatic nitrogens is 1. The van der Waals surface area contributed by atoms with Crippen LogP contribution in [0.2, 0.25) is 0 Å². The zero-order valence-electron chi connectivity index (χ0n) is 9.36. The van der Waals surface area contributed by atoms with Crippen LogP contribution in [0.5, 0.6) is 0 Å². The summed E-state index contributed by atoms with van der Waals surface area (Å²) >= 11 is 1.97. The number of rotatable bonds is 4. The molecule has 0 atom stereocenters. The molecule has 0 radical (unpaired) electrons. The van der Waals surface area contributed by atoms with Crippen molar-refractivity contribution in [1.29, 1.82) is 0 Å². The first-order valence-electron chi connectivity index (χ1n) is 5.52. The maximum atomic E-state index is 2.29. The number of hydrogen-bond acceptors (Lipinski definition) is 1.